The molecule has 1 aromatic rings. The van der Waals surface area contributed by atoms with Crippen molar-refractivity contribution in [1.29, 1.82) is 0 Å². The van der Waals surface area contributed by atoms with Crippen molar-refractivity contribution in [3.05, 3.63) is 12.5 Å². The summed E-state index contributed by atoms with van der Waals surface area (Å²) in [6, 6.07) is 0. The zero-order valence-corrected chi connectivity index (χ0v) is 9.79. The molecule has 0 saturated heterocycles. The molecule has 0 fully saturated rings. The summed E-state index contributed by atoms with van der Waals surface area (Å²) in [5.41, 5.74) is 6.08. The Hall–Kier alpha value is -1.41. The summed E-state index contributed by atoms with van der Waals surface area (Å²) in [4.78, 5) is 7.69. The smallest absolute Gasteiger partial charge is 0.208 e. The monoisotopic (exact) mass is 245 g/mol. The molecule has 0 aromatic carbocycles. The van der Waals surface area contributed by atoms with Crippen LogP contribution in [0.4, 0.5) is 11.5 Å². The van der Waals surface area contributed by atoms with E-state index in [0.29, 0.717) is 31.0 Å². The highest BCUT2D eigenvalue weighted by Crippen LogP contribution is 2.10. The number of nitrogens with one attached hydrogen (secondary N) is 2. The number of nitrogens with two attached hydrogens (primary N) is 1. The second kappa shape index (κ2) is 5.61. The van der Waals surface area contributed by atoms with Gasteiger partial charge >= 0.3 is 0 Å². The standard InChI is InChI=1S/C8H15N5O2S/c1-16(14,15)13-4-2-3-11-8-7(9)5-10-6-12-8/h5-6,13H,2-4,9H2,1H3,(H,10,11,12). The highest BCUT2D eigenvalue weighted by molar-refractivity contribution is 7.88. The summed E-state index contributed by atoms with van der Waals surface area (Å²) in [5, 5.41) is 2.99. The maximum atomic E-state index is 10.7. The quantitative estimate of drug-likeness (QED) is 0.578. The average molecular weight is 245 g/mol. The summed E-state index contributed by atoms with van der Waals surface area (Å²) >= 11 is 0. The van der Waals surface area contributed by atoms with E-state index in [2.05, 4.69) is 20.0 Å². The molecule has 0 atom stereocenters. The van der Waals surface area contributed by atoms with Crippen molar-refractivity contribution in [1.82, 2.24) is 14.7 Å². The van der Waals surface area contributed by atoms with E-state index in [4.69, 9.17) is 5.73 Å². The van der Waals surface area contributed by atoms with Gasteiger partial charge in [0.05, 0.1) is 18.1 Å². The first-order valence-electron chi connectivity index (χ1n) is 4.73. The third-order valence-electron chi connectivity index (χ3n) is 1.75. The van der Waals surface area contributed by atoms with Gasteiger partial charge in [0.15, 0.2) is 5.82 Å². The number of sulfonamides is 1. The molecular formula is C8H15N5O2S. The van der Waals surface area contributed by atoms with E-state index < -0.39 is 10.0 Å². The van der Waals surface area contributed by atoms with Crippen LogP contribution in [-0.4, -0.2) is 37.7 Å². The molecule has 0 aliphatic carbocycles. The fourth-order valence-electron chi connectivity index (χ4n) is 1.04. The first-order valence-corrected chi connectivity index (χ1v) is 6.62. The second-order valence-corrected chi connectivity index (χ2v) is 5.11. The van der Waals surface area contributed by atoms with Crippen LogP contribution >= 0.6 is 0 Å². The molecule has 0 bridgehead atoms. The van der Waals surface area contributed by atoms with E-state index in [1.807, 2.05) is 0 Å². The number of hydrogen-bond donors (Lipinski definition) is 3. The Bertz CT molecular complexity index is 434. The predicted octanol–water partition coefficient (Wildman–Crippen LogP) is -0.590. The Morgan fingerprint density at radius 2 is 2.19 bits per heavy atom. The minimum Gasteiger partial charge on any atom is -0.394 e. The van der Waals surface area contributed by atoms with Gasteiger partial charge in [-0.1, -0.05) is 0 Å². The first kappa shape index (κ1) is 12.7. The maximum Gasteiger partial charge on any atom is 0.208 e. The van der Waals surface area contributed by atoms with Gasteiger partial charge in [0, 0.05) is 13.1 Å². The Morgan fingerprint density at radius 3 is 2.81 bits per heavy atom. The SMILES string of the molecule is CS(=O)(=O)NCCCNc1ncncc1N. The Morgan fingerprint density at radius 1 is 1.44 bits per heavy atom. The molecule has 0 radical (unpaired) electrons. The fraction of sp³-hybridized carbons (Fsp3) is 0.500. The zero-order valence-electron chi connectivity index (χ0n) is 8.97. The van der Waals surface area contributed by atoms with Crippen molar-refractivity contribution in [3.8, 4) is 0 Å². The molecule has 7 nitrogen and oxygen atoms in total. The zero-order chi connectivity index (χ0) is 12.0. The van der Waals surface area contributed by atoms with Crippen molar-refractivity contribution in [2.45, 2.75) is 6.42 Å². The lowest BCUT2D eigenvalue weighted by molar-refractivity contribution is 0.586. The van der Waals surface area contributed by atoms with E-state index in [1.165, 1.54) is 12.5 Å². The topological polar surface area (TPSA) is 110 Å². The van der Waals surface area contributed by atoms with Crippen molar-refractivity contribution in [2.75, 3.05) is 30.4 Å². The lowest BCUT2D eigenvalue weighted by Crippen LogP contribution is -2.24. The summed E-state index contributed by atoms with van der Waals surface area (Å²) in [7, 11) is -3.11. The van der Waals surface area contributed by atoms with E-state index in [9.17, 15) is 8.42 Å². The summed E-state index contributed by atoms with van der Waals surface area (Å²) in [5.74, 6) is 0.564. The van der Waals surface area contributed by atoms with E-state index in [-0.39, 0.29) is 0 Å². The molecule has 0 spiro atoms. The molecule has 0 aliphatic heterocycles. The van der Waals surface area contributed by atoms with E-state index in [0.717, 1.165) is 6.26 Å². The van der Waals surface area contributed by atoms with Crippen LogP contribution in [0.25, 0.3) is 0 Å². The minimum atomic E-state index is -3.11. The van der Waals surface area contributed by atoms with Gasteiger partial charge in [0.25, 0.3) is 0 Å². The third-order valence-corrected chi connectivity index (χ3v) is 2.48. The molecule has 1 aromatic heterocycles. The number of anilines is 2. The number of rotatable bonds is 6. The second-order valence-electron chi connectivity index (χ2n) is 3.27. The highest BCUT2D eigenvalue weighted by atomic mass is 32.2. The molecular weight excluding hydrogens is 230 g/mol. The summed E-state index contributed by atoms with van der Waals surface area (Å²) in [6.45, 7) is 0.973. The average Bonchev–Trinajstić information content (AvgIpc) is 2.18. The van der Waals surface area contributed by atoms with Gasteiger partial charge in [-0.3, -0.25) is 0 Å². The van der Waals surface area contributed by atoms with E-state index in [1.54, 1.807) is 0 Å². The van der Waals surface area contributed by atoms with Crippen LogP contribution in [0, 0.1) is 0 Å². The highest BCUT2D eigenvalue weighted by Gasteiger charge is 2.00. The van der Waals surface area contributed by atoms with Gasteiger partial charge in [-0.25, -0.2) is 23.1 Å². The van der Waals surface area contributed by atoms with E-state index >= 15 is 0 Å². The van der Waals surface area contributed by atoms with Crippen LogP contribution in [0.15, 0.2) is 12.5 Å². The first-order chi connectivity index (χ1) is 7.49. The molecule has 0 unspecified atom stereocenters. The van der Waals surface area contributed by atoms with Crippen LogP contribution in [-0.2, 0) is 10.0 Å². The molecule has 4 N–H and O–H groups in total. The molecule has 1 rings (SSSR count). The molecule has 1 heterocycles. The van der Waals surface area contributed by atoms with Gasteiger partial charge in [-0.05, 0) is 6.42 Å². The minimum absolute atomic E-state index is 0.386. The third kappa shape index (κ3) is 4.89. The Balaban J connectivity index is 2.24. The number of hydrogen-bond acceptors (Lipinski definition) is 6. The molecule has 0 saturated carbocycles. The van der Waals surface area contributed by atoms with Gasteiger partial charge in [0.1, 0.15) is 6.33 Å². The number of aromatic nitrogens is 2. The molecule has 8 heteroatoms. The van der Waals surface area contributed by atoms with Crippen molar-refractivity contribution < 1.29 is 8.42 Å². The predicted molar refractivity (Wildman–Crippen MR) is 62.4 cm³/mol. The Labute approximate surface area is 94.5 Å². The normalized spacial score (nSPS) is 11.3. The fourth-order valence-corrected chi connectivity index (χ4v) is 1.56. The molecule has 90 valence electrons. The summed E-state index contributed by atoms with van der Waals surface area (Å²) in [6.07, 6.45) is 4.68. The number of nitrogen functional groups attached to an aromatic ring is 1. The van der Waals surface area contributed by atoms with Gasteiger partial charge < -0.3 is 11.1 Å². The van der Waals surface area contributed by atoms with Crippen LogP contribution in [0.5, 0.6) is 0 Å². The van der Waals surface area contributed by atoms with Crippen LogP contribution in [0.1, 0.15) is 6.42 Å². The van der Waals surface area contributed by atoms with Crippen LogP contribution in [0.3, 0.4) is 0 Å². The van der Waals surface area contributed by atoms with Crippen LogP contribution < -0.4 is 15.8 Å². The summed E-state index contributed by atoms with van der Waals surface area (Å²) < 4.78 is 23.9. The lowest BCUT2D eigenvalue weighted by atomic mass is 10.4. The number of nitrogens with zero attached hydrogens (tertiary/aromatic N) is 2. The van der Waals surface area contributed by atoms with Gasteiger partial charge in [0.2, 0.25) is 10.0 Å². The van der Waals surface area contributed by atoms with Crippen molar-refractivity contribution >= 4 is 21.5 Å². The largest absolute Gasteiger partial charge is 0.394 e. The van der Waals surface area contributed by atoms with Crippen molar-refractivity contribution in [3.63, 3.8) is 0 Å². The van der Waals surface area contributed by atoms with Gasteiger partial charge in [-0.15, -0.1) is 0 Å². The lowest BCUT2D eigenvalue weighted by Gasteiger charge is -2.07. The van der Waals surface area contributed by atoms with Gasteiger partial charge in [-0.2, -0.15) is 0 Å². The molecule has 16 heavy (non-hydrogen) atoms. The maximum absolute atomic E-state index is 10.7. The molecule has 0 amide bonds. The van der Waals surface area contributed by atoms with Crippen molar-refractivity contribution in [2.24, 2.45) is 0 Å². The van der Waals surface area contributed by atoms with Crippen LogP contribution in [0.2, 0.25) is 0 Å². The molecule has 0 aliphatic rings. The Kier molecular flexibility index (Phi) is 4.44.